The Morgan fingerprint density at radius 1 is 1.00 bits per heavy atom. The van der Waals surface area contributed by atoms with Gasteiger partial charge in [-0.25, -0.2) is 4.99 Å². The topological polar surface area (TPSA) is 63.5 Å². The van der Waals surface area contributed by atoms with Crippen LogP contribution in [0.1, 0.15) is 0 Å². The molecule has 1 aromatic carbocycles. The maximum atomic E-state index is 13.3. The number of anilines is 1. The van der Waals surface area contributed by atoms with E-state index in [0.29, 0.717) is 0 Å². The highest BCUT2D eigenvalue weighted by atomic mass is 35.5. The summed E-state index contributed by atoms with van der Waals surface area (Å²) in [7, 11) is 0. The average Bonchev–Trinajstić information content (AvgIpc) is 2.86. The summed E-state index contributed by atoms with van der Waals surface area (Å²) in [6, 6.07) is 2.37. The third kappa shape index (κ3) is 3.56. The van der Waals surface area contributed by atoms with Crippen molar-refractivity contribution in [2.45, 2.75) is 18.5 Å². The van der Waals surface area contributed by atoms with Crippen LogP contribution in [0.25, 0.3) is 0 Å². The number of hydrazine groups is 1. The molecule has 1 fully saturated rings. The molecule has 0 amide bonds. The van der Waals surface area contributed by atoms with Gasteiger partial charge in [-0.3, -0.25) is 10.4 Å². The zero-order chi connectivity index (χ0) is 20.3. The summed E-state index contributed by atoms with van der Waals surface area (Å²) < 4.78 is 78.5. The Morgan fingerprint density at radius 3 is 2.04 bits per heavy atom. The van der Waals surface area contributed by atoms with Crippen molar-refractivity contribution in [2.75, 3.05) is 5.01 Å². The second kappa shape index (κ2) is 6.43. The molecule has 1 unspecified atom stereocenters. The van der Waals surface area contributed by atoms with Crippen LogP contribution in [-0.2, 0) is 0 Å². The summed E-state index contributed by atoms with van der Waals surface area (Å²) in [5.74, 6) is -2.61. The van der Waals surface area contributed by atoms with Crippen molar-refractivity contribution < 1.29 is 26.3 Å². The Balaban J connectivity index is 2.10. The predicted molar refractivity (Wildman–Crippen MR) is 88.3 cm³/mol. The molecule has 0 aliphatic carbocycles. The Bertz CT molecular complexity index is 868. The predicted octanol–water partition coefficient (Wildman–Crippen LogP) is 4.66. The number of aliphatic imine (C=N–C) groups is 1. The van der Waals surface area contributed by atoms with Gasteiger partial charge in [0.15, 0.2) is 0 Å². The lowest BCUT2D eigenvalue weighted by Gasteiger charge is -2.25. The molecule has 0 spiro atoms. The third-order valence-electron chi connectivity index (χ3n) is 3.55. The Hall–Kier alpha value is -1.69. The lowest BCUT2D eigenvalue weighted by Crippen LogP contribution is -2.47. The molecule has 0 aromatic heterocycles. The minimum absolute atomic E-state index is 0.00779. The summed E-state index contributed by atoms with van der Waals surface area (Å²) in [5, 5.41) is 9.86. The molecular formula is C13H6Cl3F6N5. The molecule has 1 saturated heterocycles. The maximum absolute atomic E-state index is 13.3. The van der Waals surface area contributed by atoms with Crippen LogP contribution in [0.3, 0.4) is 0 Å². The first-order chi connectivity index (χ1) is 12.3. The molecule has 5 nitrogen and oxygen atoms in total. The number of halogens is 9. The van der Waals surface area contributed by atoms with E-state index >= 15 is 0 Å². The van der Waals surface area contributed by atoms with Crippen LogP contribution in [0.4, 0.5) is 32.0 Å². The molecule has 0 bridgehead atoms. The van der Waals surface area contributed by atoms with Gasteiger partial charge in [0.25, 0.3) is 0 Å². The molecule has 3 rings (SSSR count). The van der Waals surface area contributed by atoms with Gasteiger partial charge in [-0.2, -0.15) is 31.8 Å². The summed E-state index contributed by atoms with van der Waals surface area (Å²) in [4.78, 5) is 3.20. The standard InChI is InChI=1S/C13H6Cl3F6N5/c14-4-1-3(2-5(15)7(4)16)27-9(23)6-8(12(17,18)19)24-11(13(20,21)22)25-10(6)26-27/h1-2,10,23,26H,(H,24,25). The second-order valence-corrected chi connectivity index (χ2v) is 6.52. The third-order valence-corrected chi connectivity index (χ3v) is 4.75. The summed E-state index contributed by atoms with van der Waals surface area (Å²) in [6.45, 7) is 0. The van der Waals surface area contributed by atoms with Gasteiger partial charge in [0.05, 0.1) is 26.3 Å². The second-order valence-electron chi connectivity index (χ2n) is 5.33. The monoisotopic (exact) mass is 451 g/mol. The van der Waals surface area contributed by atoms with Crippen molar-refractivity contribution in [3.05, 3.63) is 38.5 Å². The van der Waals surface area contributed by atoms with E-state index in [-0.39, 0.29) is 20.8 Å². The van der Waals surface area contributed by atoms with E-state index in [4.69, 9.17) is 40.2 Å². The highest BCUT2D eigenvalue weighted by molar-refractivity contribution is 6.48. The van der Waals surface area contributed by atoms with Gasteiger partial charge in [0.1, 0.15) is 17.7 Å². The SMILES string of the molecule is N=C1C2=C(C(F)(F)F)NC(C(F)(F)F)=NC2NN1c1cc(Cl)c(Cl)c(Cl)c1. The van der Waals surface area contributed by atoms with E-state index in [9.17, 15) is 26.3 Å². The van der Waals surface area contributed by atoms with Crippen LogP contribution in [0.15, 0.2) is 28.4 Å². The van der Waals surface area contributed by atoms with Crippen molar-refractivity contribution in [1.82, 2.24) is 10.7 Å². The molecule has 0 radical (unpaired) electrons. The highest BCUT2D eigenvalue weighted by Crippen LogP contribution is 2.39. The maximum Gasteiger partial charge on any atom is 0.449 e. The number of alkyl halides is 6. The molecule has 2 heterocycles. The molecule has 0 saturated carbocycles. The number of hydrogen-bond acceptors (Lipinski definition) is 4. The smallest absolute Gasteiger partial charge is 0.332 e. The molecule has 2 aliphatic rings. The van der Waals surface area contributed by atoms with E-state index in [1.165, 1.54) is 17.4 Å². The quantitative estimate of drug-likeness (QED) is 0.429. The van der Waals surface area contributed by atoms with Crippen molar-refractivity contribution in [3.63, 3.8) is 0 Å². The van der Waals surface area contributed by atoms with Gasteiger partial charge in [0.2, 0.25) is 5.84 Å². The van der Waals surface area contributed by atoms with Crippen molar-refractivity contribution in [2.24, 2.45) is 4.99 Å². The van der Waals surface area contributed by atoms with Crippen LogP contribution in [-0.4, -0.2) is 30.2 Å². The molecule has 14 heteroatoms. The Labute approximate surface area is 162 Å². The first kappa shape index (κ1) is 20.1. The molecule has 1 aromatic rings. The average molecular weight is 453 g/mol. The number of benzene rings is 1. The number of hydrogen-bond donors (Lipinski definition) is 3. The van der Waals surface area contributed by atoms with Crippen LogP contribution < -0.4 is 15.8 Å². The lowest BCUT2D eigenvalue weighted by atomic mass is 10.1. The number of amidine groups is 2. The zero-order valence-electron chi connectivity index (χ0n) is 12.5. The summed E-state index contributed by atoms with van der Waals surface area (Å²) >= 11 is 17.5. The Morgan fingerprint density at radius 2 is 1.56 bits per heavy atom. The number of fused-ring (bicyclic) bond motifs is 1. The fraction of sp³-hybridized carbons (Fsp3) is 0.231. The zero-order valence-corrected chi connectivity index (χ0v) is 14.8. The van der Waals surface area contributed by atoms with Gasteiger partial charge in [0, 0.05) is 0 Å². The van der Waals surface area contributed by atoms with Crippen molar-refractivity contribution in [3.8, 4) is 0 Å². The molecular weight excluding hydrogens is 447 g/mol. The fourth-order valence-corrected chi connectivity index (χ4v) is 3.02. The Kier molecular flexibility index (Phi) is 4.78. The number of allylic oxidation sites excluding steroid dienone is 1. The fourth-order valence-electron chi connectivity index (χ4n) is 2.44. The van der Waals surface area contributed by atoms with Crippen molar-refractivity contribution >= 4 is 52.2 Å². The minimum atomic E-state index is -5.18. The lowest BCUT2D eigenvalue weighted by molar-refractivity contribution is -0.0987. The van der Waals surface area contributed by atoms with Crippen molar-refractivity contribution in [1.29, 1.82) is 5.41 Å². The van der Waals surface area contributed by atoms with E-state index < -0.39 is 41.5 Å². The first-order valence-corrected chi connectivity index (χ1v) is 7.97. The summed E-state index contributed by atoms with van der Waals surface area (Å²) in [5.41, 5.74) is -0.251. The normalized spacial score (nSPS) is 20.6. The van der Waals surface area contributed by atoms with Crippen LogP contribution in [0.2, 0.25) is 15.1 Å². The first-order valence-electron chi connectivity index (χ1n) is 6.84. The molecule has 3 N–H and O–H groups in total. The van der Waals surface area contributed by atoms with Gasteiger partial charge in [-0.15, -0.1) is 0 Å². The molecule has 1 atom stereocenters. The molecule has 146 valence electrons. The van der Waals surface area contributed by atoms with Crippen LogP contribution in [0, 0.1) is 5.41 Å². The minimum Gasteiger partial charge on any atom is -0.332 e. The number of nitrogens with one attached hydrogen (secondary N) is 3. The molecule has 2 aliphatic heterocycles. The van der Waals surface area contributed by atoms with Gasteiger partial charge in [-0.05, 0) is 12.1 Å². The van der Waals surface area contributed by atoms with E-state index in [2.05, 4.69) is 10.4 Å². The van der Waals surface area contributed by atoms with E-state index in [1.807, 2.05) is 0 Å². The van der Waals surface area contributed by atoms with Gasteiger partial charge < -0.3 is 5.32 Å². The number of rotatable bonds is 1. The highest BCUT2D eigenvalue weighted by Gasteiger charge is 2.51. The van der Waals surface area contributed by atoms with Crippen LogP contribution in [0.5, 0.6) is 0 Å². The molecule has 27 heavy (non-hydrogen) atoms. The van der Waals surface area contributed by atoms with Gasteiger partial charge in [-0.1, -0.05) is 34.8 Å². The van der Waals surface area contributed by atoms with E-state index in [1.54, 1.807) is 0 Å². The number of nitrogens with zero attached hydrogens (tertiary/aromatic N) is 2. The van der Waals surface area contributed by atoms with Gasteiger partial charge >= 0.3 is 12.4 Å². The van der Waals surface area contributed by atoms with E-state index in [0.717, 1.165) is 5.01 Å². The largest absolute Gasteiger partial charge is 0.449 e. The van der Waals surface area contributed by atoms with Crippen LogP contribution >= 0.6 is 34.8 Å². The summed E-state index contributed by atoms with van der Waals surface area (Å²) in [6.07, 6.45) is -12.1.